The molecule has 1 aromatic carbocycles. The minimum absolute atomic E-state index is 0.113. The predicted octanol–water partition coefficient (Wildman–Crippen LogP) is 5.59. The molecule has 4 amide bonds. The van der Waals surface area contributed by atoms with Gasteiger partial charge in [-0.25, -0.2) is 4.79 Å². The fourth-order valence-corrected chi connectivity index (χ4v) is 6.77. The molecule has 0 saturated carbocycles. The molecule has 4 heterocycles. The molecule has 10 nitrogen and oxygen atoms in total. The molecule has 0 aliphatic carbocycles. The minimum atomic E-state index is -0.999. The van der Waals surface area contributed by atoms with Crippen LogP contribution in [0.4, 0.5) is 15.5 Å². The fourth-order valence-electron chi connectivity index (χ4n) is 5.67. The van der Waals surface area contributed by atoms with Crippen LogP contribution < -0.4 is 10.6 Å². The second kappa shape index (κ2) is 12.9. The summed E-state index contributed by atoms with van der Waals surface area (Å²) in [6.45, 7) is 16.7. The second-order valence-electron chi connectivity index (χ2n) is 13.4. The summed E-state index contributed by atoms with van der Waals surface area (Å²) in [5, 5.41) is 6.34. The zero-order chi connectivity index (χ0) is 32.5. The highest BCUT2D eigenvalue weighted by Crippen LogP contribution is 2.38. The average molecular weight is 633 g/mol. The third kappa shape index (κ3) is 7.21. The molecule has 0 bridgehead atoms. The van der Waals surface area contributed by atoms with E-state index in [1.807, 2.05) is 37.4 Å². The normalized spacial score (nSPS) is 17.4. The second-order valence-corrected chi connectivity index (χ2v) is 14.4. The maximum absolute atomic E-state index is 13.9. The molecular formula is C34H44N6O4S. The van der Waals surface area contributed by atoms with Crippen LogP contribution in [-0.4, -0.2) is 89.5 Å². The first kappa shape index (κ1) is 32.6. The molecule has 45 heavy (non-hydrogen) atoms. The zero-order valence-corrected chi connectivity index (χ0v) is 28.1. The number of likely N-dealkylation sites (N-methyl/N-ethyl adjacent to an activating group) is 1. The number of hydrogen-bond acceptors (Lipinski definition) is 7. The number of rotatable bonds is 6. The Bertz CT molecular complexity index is 1570. The Morgan fingerprint density at radius 2 is 1.76 bits per heavy atom. The number of morpholine rings is 1. The monoisotopic (exact) mass is 632 g/mol. The molecule has 0 spiro atoms. The summed E-state index contributed by atoms with van der Waals surface area (Å²) in [5.41, 5.74) is 3.79. The summed E-state index contributed by atoms with van der Waals surface area (Å²) in [6.07, 6.45) is 1.88. The molecule has 2 aliphatic rings. The van der Waals surface area contributed by atoms with Crippen molar-refractivity contribution >= 4 is 39.9 Å². The standard InChI is InChI=1S/C34H44N6O4S/c1-22-8-10-24(18-26(22)23-9-11-25(35-20-23)21-39-14-16-44-17-15-39)36-32(43)37-29-27(19-28(45-29)33(2,3)4)30(41)40-13-12-38(7)31(42)34(40,5)6/h8-11,18-20H,12-17,21H2,1-7H3,(H2,36,37,43). The van der Waals surface area contributed by atoms with Gasteiger partial charge in [0.05, 0.1) is 24.5 Å². The van der Waals surface area contributed by atoms with Gasteiger partial charge in [-0.05, 0) is 61.6 Å². The summed E-state index contributed by atoms with van der Waals surface area (Å²) in [6, 6.07) is 11.3. The Morgan fingerprint density at radius 3 is 2.42 bits per heavy atom. The van der Waals surface area contributed by atoms with Crippen LogP contribution in [0.25, 0.3) is 11.1 Å². The Hall–Kier alpha value is -3.80. The maximum atomic E-state index is 13.9. The summed E-state index contributed by atoms with van der Waals surface area (Å²) >= 11 is 1.38. The fraction of sp³-hybridized carbons (Fsp3) is 0.471. The van der Waals surface area contributed by atoms with Crippen molar-refractivity contribution in [3.8, 4) is 11.1 Å². The first-order valence-corrected chi connectivity index (χ1v) is 16.2. The van der Waals surface area contributed by atoms with Crippen LogP contribution in [0, 0.1) is 6.92 Å². The van der Waals surface area contributed by atoms with E-state index in [9.17, 15) is 14.4 Å². The van der Waals surface area contributed by atoms with Crippen LogP contribution in [0.15, 0.2) is 42.6 Å². The topological polar surface area (TPSA) is 107 Å². The predicted molar refractivity (Wildman–Crippen MR) is 179 cm³/mol. The van der Waals surface area contributed by atoms with Gasteiger partial charge in [-0.3, -0.25) is 24.8 Å². The number of hydrogen-bond donors (Lipinski definition) is 2. The van der Waals surface area contributed by atoms with E-state index in [4.69, 9.17) is 9.72 Å². The lowest BCUT2D eigenvalue weighted by Crippen LogP contribution is -2.63. The quantitative estimate of drug-likeness (QED) is 0.367. The number of urea groups is 1. The number of aromatic nitrogens is 1. The number of thiophene rings is 1. The molecule has 2 fully saturated rings. The van der Waals surface area contributed by atoms with Gasteiger partial charge in [0.2, 0.25) is 5.91 Å². The summed E-state index contributed by atoms with van der Waals surface area (Å²) in [5.74, 6) is -0.386. The number of carbonyl (C=O) groups excluding carboxylic acids is 3. The molecule has 2 aromatic heterocycles. The number of amides is 4. The first-order chi connectivity index (χ1) is 21.2. The number of nitrogens with one attached hydrogen (secondary N) is 2. The van der Waals surface area contributed by atoms with E-state index in [1.54, 1.807) is 30.7 Å². The van der Waals surface area contributed by atoms with Gasteiger partial charge in [0.1, 0.15) is 10.5 Å². The summed E-state index contributed by atoms with van der Waals surface area (Å²) < 4.78 is 5.44. The average Bonchev–Trinajstić information content (AvgIpc) is 3.42. The van der Waals surface area contributed by atoms with Crippen molar-refractivity contribution in [1.82, 2.24) is 19.7 Å². The molecule has 2 saturated heterocycles. The number of anilines is 2. The van der Waals surface area contributed by atoms with Crippen LogP contribution in [-0.2, 0) is 21.5 Å². The van der Waals surface area contributed by atoms with Crippen molar-refractivity contribution in [3.63, 3.8) is 0 Å². The highest BCUT2D eigenvalue weighted by atomic mass is 32.1. The van der Waals surface area contributed by atoms with Gasteiger partial charge in [0.25, 0.3) is 5.91 Å². The zero-order valence-electron chi connectivity index (χ0n) is 27.3. The van der Waals surface area contributed by atoms with E-state index < -0.39 is 11.6 Å². The molecule has 0 atom stereocenters. The van der Waals surface area contributed by atoms with Gasteiger partial charge >= 0.3 is 6.03 Å². The van der Waals surface area contributed by atoms with E-state index >= 15 is 0 Å². The number of pyridine rings is 1. The highest BCUT2D eigenvalue weighted by molar-refractivity contribution is 7.16. The Morgan fingerprint density at radius 1 is 1.02 bits per heavy atom. The highest BCUT2D eigenvalue weighted by Gasteiger charge is 2.44. The van der Waals surface area contributed by atoms with E-state index in [0.717, 1.165) is 60.1 Å². The van der Waals surface area contributed by atoms with Crippen LogP contribution in [0.3, 0.4) is 0 Å². The Labute approximate surface area is 269 Å². The SMILES string of the molecule is Cc1ccc(NC(=O)Nc2sc(C(C)(C)C)cc2C(=O)N2CCN(C)C(=O)C2(C)C)cc1-c1ccc(CN2CCOCC2)nc1. The molecular weight excluding hydrogens is 588 g/mol. The molecule has 11 heteroatoms. The summed E-state index contributed by atoms with van der Waals surface area (Å²) in [7, 11) is 1.75. The maximum Gasteiger partial charge on any atom is 0.324 e. The van der Waals surface area contributed by atoms with Crippen molar-refractivity contribution in [2.24, 2.45) is 0 Å². The van der Waals surface area contributed by atoms with Crippen molar-refractivity contribution in [2.45, 2.75) is 59.0 Å². The van der Waals surface area contributed by atoms with Gasteiger partial charge < -0.3 is 19.9 Å². The number of aryl methyl sites for hydroxylation is 1. The Kier molecular flexibility index (Phi) is 9.34. The van der Waals surface area contributed by atoms with Crippen molar-refractivity contribution in [3.05, 3.63) is 64.3 Å². The van der Waals surface area contributed by atoms with Gasteiger partial charge in [0.15, 0.2) is 0 Å². The van der Waals surface area contributed by atoms with Crippen molar-refractivity contribution in [1.29, 1.82) is 0 Å². The molecule has 3 aromatic rings. The summed E-state index contributed by atoms with van der Waals surface area (Å²) in [4.78, 5) is 51.5. The van der Waals surface area contributed by atoms with Gasteiger partial charge in [-0.2, -0.15) is 0 Å². The van der Waals surface area contributed by atoms with Crippen molar-refractivity contribution in [2.75, 3.05) is 57.1 Å². The van der Waals surface area contributed by atoms with Gasteiger partial charge in [-0.15, -0.1) is 11.3 Å². The van der Waals surface area contributed by atoms with Gasteiger partial charge in [-0.1, -0.05) is 32.9 Å². The lowest BCUT2D eigenvalue weighted by molar-refractivity contribution is -0.144. The molecule has 5 rings (SSSR count). The van der Waals surface area contributed by atoms with E-state index in [1.165, 1.54) is 11.3 Å². The van der Waals surface area contributed by atoms with Crippen LogP contribution in [0.2, 0.25) is 0 Å². The number of ether oxygens (including phenoxy) is 1. The van der Waals surface area contributed by atoms with Crippen LogP contribution in [0.1, 0.15) is 61.1 Å². The Balaban J connectivity index is 1.33. The van der Waals surface area contributed by atoms with E-state index in [0.29, 0.717) is 29.3 Å². The lowest BCUT2D eigenvalue weighted by Gasteiger charge is -2.44. The lowest BCUT2D eigenvalue weighted by atomic mass is 9.93. The number of benzene rings is 1. The van der Waals surface area contributed by atoms with Crippen LogP contribution in [0.5, 0.6) is 0 Å². The molecule has 240 valence electrons. The largest absolute Gasteiger partial charge is 0.379 e. The number of carbonyl (C=O) groups is 3. The van der Waals surface area contributed by atoms with E-state index in [-0.39, 0.29) is 17.2 Å². The van der Waals surface area contributed by atoms with Crippen LogP contribution >= 0.6 is 11.3 Å². The number of piperazine rings is 1. The third-order valence-corrected chi connectivity index (χ3v) is 9.97. The van der Waals surface area contributed by atoms with E-state index in [2.05, 4.69) is 48.4 Å². The minimum Gasteiger partial charge on any atom is -0.379 e. The first-order valence-electron chi connectivity index (χ1n) is 15.4. The molecule has 0 radical (unpaired) electrons. The van der Waals surface area contributed by atoms with Crippen molar-refractivity contribution < 1.29 is 19.1 Å². The molecule has 0 unspecified atom stereocenters. The number of nitrogens with zero attached hydrogens (tertiary/aromatic N) is 4. The molecule has 2 N–H and O–H groups in total. The molecule has 2 aliphatic heterocycles. The smallest absolute Gasteiger partial charge is 0.324 e. The van der Waals surface area contributed by atoms with Gasteiger partial charge in [0, 0.05) is 62.1 Å². The third-order valence-electron chi connectivity index (χ3n) is 8.50.